The second-order valence-corrected chi connectivity index (χ2v) is 6.07. The summed E-state index contributed by atoms with van der Waals surface area (Å²) < 4.78 is 36.2. The predicted molar refractivity (Wildman–Crippen MR) is 61.5 cm³/mol. The van der Waals surface area contributed by atoms with Gasteiger partial charge in [-0.15, -0.1) is 0 Å². The lowest BCUT2D eigenvalue weighted by atomic mass is 9.88. The van der Waals surface area contributed by atoms with Gasteiger partial charge < -0.3 is 0 Å². The number of halogens is 3. The van der Waals surface area contributed by atoms with E-state index in [9.17, 15) is 13.2 Å². The second-order valence-electron chi connectivity index (χ2n) is 4.93. The second kappa shape index (κ2) is 4.70. The molecule has 0 nitrogen and oxygen atoms in total. The van der Waals surface area contributed by atoms with E-state index in [1.165, 1.54) is 12.1 Å². The molecule has 0 atom stereocenters. The standard InChI is InChI=1S/C12H15F3S/c1-11(2,3)8-9-4-6-10(7-5-9)16-12(13,14)15/h4-7H,8H2,1-3H3. The van der Waals surface area contributed by atoms with Crippen molar-refractivity contribution >= 4 is 11.8 Å². The van der Waals surface area contributed by atoms with Crippen LogP contribution in [-0.4, -0.2) is 5.51 Å². The van der Waals surface area contributed by atoms with Crippen LogP contribution >= 0.6 is 11.8 Å². The first-order valence-electron chi connectivity index (χ1n) is 5.00. The molecule has 0 N–H and O–H groups in total. The minimum Gasteiger partial charge on any atom is -0.160 e. The van der Waals surface area contributed by atoms with Crippen LogP contribution < -0.4 is 0 Å². The number of benzene rings is 1. The predicted octanol–water partition coefficient (Wildman–Crippen LogP) is 4.89. The molecule has 16 heavy (non-hydrogen) atoms. The number of hydrogen-bond acceptors (Lipinski definition) is 1. The summed E-state index contributed by atoms with van der Waals surface area (Å²) in [5.74, 6) is 0. The molecule has 0 saturated carbocycles. The van der Waals surface area contributed by atoms with Gasteiger partial charge in [-0.05, 0) is 41.3 Å². The summed E-state index contributed by atoms with van der Waals surface area (Å²) in [6.07, 6.45) is 0.865. The maximum absolute atomic E-state index is 12.1. The van der Waals surface area contributed by atoms with Crippen LogP contribution in [0.2, 0.25) is 0 Å². The van der Waals surface area contributed by atoms with Crippen molar-refractivity contribution in [3.8, 4) is 0 Å². The Labute approximate surface area is 98.2 Å². The molecule has 0 heterocycles. The van der Waals surface area contributed by atoms with Crippen molar-refractivity contribution in [1.82, 2.24) is 0 Å². The fourth-order valence-electron chi connectivity index (χ4n) is 1.42. The van der Waals surface area contributed by atoms with Crippen molar-refractivity contribution in [2.45, 2.75) is 37.6 Å². The fourth-order valence-corrected chi connectivity index (χ4v) is 1.96. The highest BCUT2D eigenvalue weighted by Crippen LogP contribution is 2.36. The zero-order valence-corrected chi connectivity index (χ0v) is 10.4. The molecule has 0 aliphatic heterocycles. The van der Waals surface area contributed by atoms with Gasteiger partial charge in [0.05, 0.1) is 0 Å². The molecule has 4 heteroatoms. The Kier molecular flexibility index (Phi) is 3.94. The molecule has 1 aromatic carbocycles. The lowest BCUT2D eigenvalue weighted by molar-refractivity contribution is -0.0328. The minimum absolute atomic E-state index is 0.0726. The minimum atomic E-state index is -4.20. The average molecular weight is 248 g/mol. The Balaban J connectivity index is 2.69. The Bertz CT molecular complexity index is 298. The Morgan fingerprint density at radius 2 is 1.50 bits per heavy atom. The van der Waals surface area contributed by atoms with E-state index in [-0.39, 0.29) is 22.1 Å². The molecule has 0 fully saturated rings. The molecule has 0 aliphatic rings. The van der Waals surface area contributed by atoms with Crippen LogP contribution in [0.1, 0.15) is 26.3 Å². The van der Waals surface area contributed by atoms with Gasteiger partial charge in [0.15, 0.2) is 0 Å². The van der Waals surface area contributed by atoms with Crippen molar-refractivity contribution < 1.29 is 13.2 Å². The molecule has 0 amide bonds. The summed E-state index contributed by atoms with van der Waals surface area (Å²) in [5.41, 5.74) is -2.98. The fraction of sp³-hybridized carbons (Fsp3) is 0.500. The highest BCUT2D eigenvalue weighted by atomic mass is 32.2. The third kappa shape index (κ3) is 5.45. The normalized spacial score (nSPS) is 12.9. The van der Waals surface area contributed by atoms with Crippen molar-refractivity contribution in [3.05, 3.63) is 29.8 Å². The maximum Gasteiger partial charge on any atom is 0.446 e. The van der Waals surface area contributed by atoms with Crippen LogP contribution in [0.4, 0.5) is 13.2 Å². The van der Waals surface area contributed by atoms with E-state index in [1.807, 2.05) is 0 Å². The molecule has 1 aromatic rings. The molecule has 0 spiro atoms. The molecule has 0 saturated heterocycles. The van der Waals surface area contributed by atoms with Gasteiger partial charge in [0.25, 0.3) is 0 Å². The van der Waals surface area contributed by atoms with Gasteiger partial charge >= 0.3 is 5.51 Å². The largest absolute Gasteiger partial charge is 0.446 e. The van der Waals surface area contributed by atoms with E-state index < -0.39 is 5.51 Å². The number of thioether (sulfide) groups is 1. The molecule has 1 rings (SSSR count). The van der Waals surface area contributed by atoms with Crippen molar-refractivity contribution in [1.29, 1.82) is 0 Å². The smallest absolute Gasteiger partial charge is 0.160 e. The summed E-state index contributed by atoms with van der Waals surface area (Å²) in [6.45, 7) is 6.31. The quantitative estimate of drug-likeness (QED) is 0.672. The van der Waals surface area contributed by atoms with E-state index in [4.69, 9.17) is 0 Å². The lowest BCUT2D eigenvalue weighted by Gasteiger charge is -2.18. The van der Waals surface area contributed by atoms with Gasteiger partial charge in [-0.1, -0.05) is 32.9 Å². The van der Waals surface area contributed by atoms with Gasteiger partial charge in [0.2, 0.25) is 0 Å². The lowest BCUT2D eigenvalue weighted by Crippen LogP contribution is -2.08. The number of alkyl halides is 3. The molecular formula is C12H15F3S. The van der Waals surface area contributed by atoms with Crippen LogP contribution in [0.15, 0.2) is 29.2 Å². The van der Waals surface area contributed by atoms with Crippen LogP contribution in [0, 0.1) is 5.41 Å². The number of hydrogen-bond donors (Lipinski definition) is 0. The van der Waals surface area contributed by atoms with E-state index in [0.29, 0.717) is 0 Å². The van der Waals surface area contributed by atoms with E-state index >= 15 is 0 Å². The monoisotopic (exact) mass is 248 g/mol. The topological polar surface area (TPSA) is 0 Å². The van der Waals surface area contributed by atoms with Gasteiger partial charge in [0.1, 0.15) is 0 Å². The van der Waals surface area contributed by atoms with E-state index in [1.54, 1.807) is 12.1 Å². The van der Waals surface area contributed by atoms with E-state index in [2.05, 4.69) is 20.8 Å². The van der Waals surface area contributed by atoms with Crippen LogP contribution in [0.25, 0.3) is 0 Å². The summed E-state index contributed by atoms with van der Waals surface area (Å²) >= 11 is -0.0726. The van der Waals surface area contributed by atoms with Gasteiger partial charge in [0, 0.05) is 4.90 Å². The summed E-state index contributed by atoms with van der Waals surface area (Å²) in [6, 6.07) is 6.58. The van der Waals surface area contributed by atoms with Gasteiger partial charge in [-0.3, -0.25) is 0 Å². The first-order chi connectivity index (χ1) is 7.16. The van der Waals surface area contributed by atoms with Gasteiger partial charge in [-0.2, -0.15) is 13.2 Å². The molecule has 0 bridgehead atoms. The Morgan fingerprint density at radius 3 is 1.88 bits per heavy atom. The SMILES string of the molecule is CC(C)(C)Cc1ccc(SC(F)(F)F)cc1. The maximum atomic E-state index is 12.1. The number of rotatable bonds is 2. The Morgan fingerprint density at radius 1 is 1.00 bits per heavy atom. The summed E-state index contributed by atoms with van der Waals surface area (Å²) in [5, 5.41) is 0. The highest BCUT2D eigenvalue weighted by molar-refractivity contribution is 8.00. The van der Waals surface area contributed by atoms with E-state index in [0.717, 1.165) is 12.0 Å². The summed E-state index contributed by atoms with van der Waals surface area (Å²) in [7, 11) is 0. The molecule has 0 aromatic heterocycles. The molecule has 90 valence electrons. The van der Waals surface area contributed by atoms with Crippen LogP contribution in [0.3, 0.4) is 0 Å². The first-order valence-corrected chi connectivity index (χ1v) is 5.82. The zero-order valence-electron chi connectivity index (χ0n) is 9.56. The van der Waals surface area contributed by atoms with Gasteiger partial charge in [-0.25, -0.2) is 0 Å². The zero-order chi connectivity index (χ0) is 12.4. The summed E-state index contributed by atoms with van der Waals surface area (Å²) in [4.78, 5) is 0.241. The first kappa shape index (κ1) is 13.4. The molecule has 0 radical (unpaired) electrons. The van der Waals surface area contributed by atoms with Crippen molar-refractivity contribution in [2.24, 2.45) is 5.41 Å². The highest BCUT2D eigenvalue weighted by Gasteiger charge is 2.29. The van der Waals surface area contributed by atoms with Crippen LogP contribution in [0.5, 0.6) is 0 Å². The average Bonchev–Trinajstić information content (AvgIpc) is 2.03. The third-order valence-corrected chi connectivity index (χ3v) is 2.63. The molecular weight excluding hydrogens is 233 g/mol. The van der Waals surface area contributed by atoms with Crippen molar-refractivity contribution in [2.75, 3.05) is 0 Å². The van der Waals surface area contributed by atoms with Crippen LogP contribution in [-0.2, 0) is 6.42 Å². The Hall–Kier alpha value is -0.640. The molecule has 0 unspecified atom stereocenters. The third-order valence-electron chi connectivity index (χ3n) is 1.89. The van der Waals surface area contributed by atoms with Crippen molar-refractivity contribution in [3.63, 3.8) is 0 Å². The molecule has 0 aliphatic carbocycles.